The molecule has 3 aromatic carbocycles. The number of benzene rings is 3. The smallest absolute Gasteiger partial charge is 0.255 e. The number of nitrogens with zero attached hydrogens (tertiary/aromatic N) is 1. The SMILES string of the molecule is CCOc1ccc(C(=O)Nc2ccc(-c3nc4cc(Cl)ccc4o3)cc2)cc1. The topological polar surface area (TPSA) is 64.4 Å². The number of hydrogen-bond donors (Lipinski definition) is 1. The summed E-state index contributed by atoms with van der Waals surface area (Å²) in [7, 11) is 0. The highest BCUT2D eigenvalue weighted by atomic mass is 35.5. The van der Waals surface area contributed by atoms with Gasteiger partial charge in [0.15, 0.2) is 5.58 Å². The number of carbonyl (C=O) groups is 1. The molecule has 0 radical (unpaired) electrons. The Morgan fingerprint density at radius 1 is 1.07 bits per heavy atom. The lowest BCUT2D eigenvalue weighted by atomic mass is 10.1. The molecule has 0 saturated heterocycles. The number of anilines is 1. The number of oxazole rings is 1. The van der Waals surface area contributed by atoms with E-state index in [2.05, 4.69) is 10.3 Å². The highest BCUT2D eigenvalue weighted by Gasteiger charge is 2.10. The molecule has 0 aliphatic rings. The van der Waals surface area contributed by atoms with Crippen LogP contribution in [0.5, 0.6) is 5.75 Å². The molecule has 140 valence electrons. The van der Waals surface area contributed by atoms with Crippen LogP contribution in [0, 0.1) is 0 Å². The molecular formula is C22H17ClN2O3. The Bertz CT molecular complexity index is 1120. The molecule has 0 atom stereocenters. The van der Waals surface area contributed by atoms with Gasteiger partial charge in [0.05, 0.1) is 6.61 Å². The number of aromatic nitrogens is 1. The molecule has 0 bridgehead atoms. The normalized spacial score (nSPS) is 10.8. The first-order valence-electron chi connectivity index (χ1n) is 8.83. The van der Waals surface area contributed by atoms with E-state index in [1.165, 1.54) is 0 Å². The fraction of sp³-hybridized carbons (Fsp3) is 0.0909. The fourth-order valence-corrected chi connectivity index (χ4v) is 2.96. The Kier molecular flexibility index (Phi) is 5.00. The van der Waals surface area contributed by atoms with Gasteiger partial charge in [-0.1, -0.05) is 11.6 Å². The van der Waals surface area contributed by atoms with E-state index in [0.717, 1.165) is 11.3 Å². The lowest BCUT2D eigenvalue weighted by Gasteiger charge is -2.07. The highest BCUT2D eigenvalue weighted by molar-refractivity contribution is 6.31. The number of rotatable bonds is 5. The van der Waals surface area contributed by atoms with E-state index in [-0.39, 0.29) is 5.91 Å². The number of nitrogens with one attached hydrogen (secondary N) is 1. The van der Waals surface area contributed by atoms with E-state index >= 15 is 0 Å². The lowest BCUT2D eigenvalue weighted by molar-refractivity contribution is 0.102. The summed E-state index contributed by atoms with van der Waals surface area (Å²) in [6, 6.07) is 19.7. The van der Waals surface area contributed by atoms with Gasteiger partial charge in [0, 0.05) is 21.8 Å². The summed E-state index contributed by atoms with van der Waals surface area (Å²) in [4.78, 5) is 16.8. The first-order chi connectivity index (χ1) is 13.6. The van der Waals surface area contributed by atoms with Crippen LogP contribution >= 0.6 is 11.6 Å². The van der Waals surface area contributed by atoms with Crippen molar-refractivity contribution in [2.24, 2.45) is 0 Å². The predicted octanol–water partition coefficient (Wildman–Crippen LogP) is 5.80. The quantitative estimate of drug-likeness (QED) is 0.466. The maximum Gasteiger partial charge on any atom is 0.255 e. The molecule has 0 spiro atoms. The van der Waals surface area contributed by atoms with Crippen molar-refractivity contribution in [2.45, 2.75) is 6.92 Å². The minimum Gasteiger partial charge on any atom is -0.494 e. The van der Waals surface area contributed by atoms with Crippen molar-refractivity contribution in [2.75, 3.05) is 11.9 Å². The van der Waals surface area contributed by atoms with E-state index < -0.39 is 0 Å². The summed E-state index contributed by atoms with van der Waals surface area (Å²) in [5.41, 5.74) is 3.43. The number of halogens is 1. The zero-order valence-electron chi connectivity index (χ0n) is 15.1. The zero-order chi connectivity index (χ0) is 19.5. The second-order valence-corrected chi connectivity index (χ2v) is 6.56. The third kappa shape index (κ3) is 3.85. The summed E-state index contributed by atoms with van der Waals surface area (Å²) in [5.74, 6) is 1.05. The summed E-state index contributed by atoms with van der Waals surface area (Å²) < 4.78 is 11.1. The van der Waals surface area contributed by atoms with Crippen LogP contribution < -0.4 is 10.1 Å². The van der Waals surface area contributed by atoms with Gasteiger partial charge in [-0.05, 0) is 73.7 Å². The summed E-state index contributed by atoms with van der Waals surface area (Å²) in [6.45, 7) is 2.51. The van der Waals surface area contributed by atoms with Crippen LogP contribution in [-0.4, -0.2) is 17.5 Å². The summed E-state index contributed by atoms with van der Waals surface area (Å²) in [5, 5.41) is 3.49. The Labute approximate surface area is 166 Å². The van der Waals surface area contributed by atoms with Crippen LogP contribution in [0.4, 0.5) is 5.69 Å². The van der Waals surface area contributed by atoms with Crippen LogP contribution in [0.2, 0.25) is 5.02 Å². The van der Waals surface area contributed by atoms with Crippen molar-refractivity contribution in [3.05, 3.63) is 77.3 Å². The van der Waals surface area contributed by atoms with Gasteiger partial charge in [0.2, 0.25) is 5.89 Å². The van der Waals surface area contributed by atoms with E-state index in [9.17, 15) is 4.79 Å². The average Bonchev–Trinajstić information content (AvgIpc) is 3.12. The zero-order valence-corrected chi connectivity index (χ0v) is 15.9. The number of fused-ring (bicyclic) bond motifs is 1. The molecule has 0 aliphatic heterocycles. The minimum atomic E-state index is -0.188. The fourth-order valence-electron chi connectivity index (χ4n) is 2.79. The van der Waals surface area contributed by atoms with Crippen LogP contribution in [0.1, 0.15) is 17.3 Å². The number of ether oxygens (including phenoxy) is 1. The second-order valence-electron chi connectivity index (χ2n) is 6.12. The number of carbonyl (C=O) groups excluding carboxylic acids is 1. The average molecular weight is 393 g/mol. The Morgan fingerprint density at radius 3 is 2.54 bits per heavy atom. The largest absolute Gasteiger partial charge is 0.494 e. The molecule has 1 N–H and O–H groups in total. The van der Waals surface area contributed by atoms with Gasteiger partial charge >= 0.3 is 0 Å². The van der Waals surface area contributed by atoms with Gasteiger partial charge in [-0.25, -0.2) is 4.98 Å². The third-order valence-corrected chi connectivity index (χ3v) is 4.40. The van der Waals surface area contributed by atoms with Crippen molar-refractivity contribution in [1.82, 2.24) is 4.98 Å². The molecule has 0 aliphatic carbocycles. The van der Waals surface area contributed by atoms with Crippen molar-refractivity contribution in [3.63, 3.8) is 0 Å². The van der Waals surface area contributed by atoms with E-state index in [4.69, 9.17) is 20.8 Å². The first kappa shape index (κ1) is 18.1. The molecule has 28 heavy (non-hydrogen) atoms. The number of hydrogen-bond acceptors (Lipinski definition) is 4. The van der Waals surface area contributed by atoms with Crippen LogP contribution in [-0.2, 0) is 0 Å². The number of amides is 1. The first-order valence-corrected chi connectivity index (χ1v) is 9.21. The minimum absolute atomic E-state index is 0.188. The highest BCUT2D eigenvalue weighted by Crippen LogP contribution is 2.27. The molecule has 1 heterocycles. The van der Waals surface area contributed by atoms with Gasteiger partial charge in [-0.15, -0.1) is 0 Å². The van der Waals surface area contributed by atoms with E-state index in [0.29, 0.717) is 39.9 Å². The Hall–Kier alpha value is -3.31. The molecule has 6 heteroatoms. The maximum atomic E-state index is 12.4. The molecule has 4 rings (SSSR count). The van der Waals surface area contributed by atoms with Crippen molar-refractivity contribution in [1.29, 1.82) is 0 Å². The van der Waals surface area contributed by atoms with E-state index in [1.807, 2.05) is 31.2 Å². The van der Waals surface area contributed by atoms with Crippen molar-refractivity contribution in [3.8, 4) is 17.2 Å². The van der Waals surface area contributed by atoms with Gasteiger partial charge in [0.25, 0.3) is 5.91 Å². The molecular weight excluding hydrogens is 376 g/mol. The molecule has 1 aromatic heterocycles. The van der Waals surface area contributed by atoms with Crippen LogP contribution in [0.25, 0.3) is 22.6 Å². The van der Waals surface area contributed by atoms with Crippen LogP contribution in [0.15, 0.2) is 71.1 Å². The van der Waals surface area contributed by atoms with E-state index in [1.54, 1.807) is 42.5 Å². The van der Waals surface area contributed by atoms with Gasteiger partial charge < -0.3 is 14.5 Å². The standard InChI is InChI=1S/C22H17ClN2O3/c1-2-27-18-10-5-14(6-11-18)21(26)24-17-8-3-15(4-9-17)22-25-19-13-16(23)7-12-20(19)28-22/h3-13H,2H2,1H3,(H,24,26). The molecule has 5 nitrogen and oxygen atoms in total. The van der Waals surface area contributed by atoms with Crippen molar-refractivity contribution >= 4 is 34.3 Å². The lowest BCUT2D eigenvalue weighted by Crippen LogP contribution is -2.11. The second kappa shape index (κ2) is 7.74. The monoisotopic (exact) mass is 392 g/mol. The molecule has 4 aromatic rings. The Balaban J connectivity index is 1.48. The van der Waals surface area contributed by atoms with Crippen LogP contribution in [0.3, 0.4) is 0 Å². The van der Waals surface area contributed by atoms with Gasteiger partial charge in [0.1, 0.15) is 11.3 Å². The van der Waals surface area contributed by atoms with Gasteiger partial charge in [-0.2, -0.15) is 0 Å². The summed E-state index contributed by atoms with van der Waals surface area (Å²) in [6.07, 6.45) is 0. The third-order valence-electron chi connectivity index (χ3n) is 4.17. The van der Waals surface area contributed by atoms with Crippen molar-refractivity contribution < 1.29 is 13.9 Å². The Morgan fingerprint density at radius 2 is 1.82 bits per heavy atom. The summed E-state index contributed by atoms with van der Waals surface area (Å²) >= 11 is 5.99. The maximum absolute atomic E-state index is 12.4. The molecule has 0 unspecified atom stereocenters. The predicted molar refractivity (Wildman–Crippen MR) is 110 cm³/mol. The molecule has 1 amide bonds. The molecule has 0 saturated carbocycles. The molecule has 0 fully saturated rings. The van der Waals surface area contributed by atoms with Gasteiger partial charge in [-0.3, -0.25) is 4.79 Å².